The highest BCUT2D eigenvalue weighted by molar-refractivity contribution is 5.43. The third-order valence-corrected chi connectivity index (χ3v) is 1.71. The number of aromatic nitrogens is 1. The maximum atomic E-state index is 10.5. The van der Waals surface area contributed by atoms with Crippen molar-refractivity contribution in [3.8, 4) is 0 Å². The first-order chi connectivity index (χ1) is 6.49. The maximum Gasteiger partial charge on any atom is 0.274 e. The number of anilines is 1. The molecular formula is C9H13N3O2. The van der Waals surface area contributed by atoms with Gasteiger partial charge in [-0.15, -0.1) is 0 Å². The number of pyridine rings is 1. The lowest BCUT2D eigenvalue weighted by Crippen LogP contribution is -2.02. The van der Waals surface area contributed by atoms with Gasteiger partial charge < -0.3 is 5.73 Å². The number of hydrogen-bond acceptors (Lipinski definition) is 4. The number of nitrogens with two attached hydrogens (primary N) is 1. The van der Waals surface area contributed by atoms with Gasteiger partial charge in [0.1, 0.15) is 5.82 Å². The minimum absolute atomic E-state index is 0.00755. The second-order valence-corrected chi connectivity index (χ2v) is 3.60. The van der Waals surface area contributed by atoms with Crippen LogP contribution < -0.4 is 5.73 Å². The first-order valence-electron chi connectivity index (χ1n) is 4.40. The van der Waals surface area contributed by atoms with Gasteiger partial charge >= 0.3 is 0 Å². The Bertz CT molecular complexity index is 350. The molecule has 1 aromatic heterocycles. The molecule has 14 heavy (non-hydrogen) atoms. The van der Waals surface area contributed by atoms with Crippen LogP contribution in [0.15, 0.2) is 12.1 Å². The van der Waals surface area contributed by atoms with Crippen LogP contribution >= 0.6 is 0 Å². The van der Waals surface area contributed by atoms with Gasteiger partial charge in [-0.05, 0) is 12.3 Å². The number of nitrogens with zero attached hydrogens (tertiary/aromatic N) is 2. The van der Waals surface area contributed by atoms with Crippen LogP contribution in [0.1, 0.15) is 19.5 Å². The van der Waals surface area contributed by atoms with Crippen LogP contribution in [0.5, 0.6) is 0 Å². The molecule has 5 nitrogen and oxygen atoms in total. The van der Waals surface area contributed by atoms with E-state index >= 15 is 0 Å². The zero-order valence-electron chi connectivity index (χ0n) is 8.23. The molecule has 76 valence electrons. The van der Waals surface area contributed by atoms with E-state index < -0.39 is 4.92 Å². The molecule has 0 aliphatic rings. The molecule has 5 heteroatoms. The Hall–Kier alpha value is -1.65. The van der Waals surface area contributed by atoms with Crippen LogP contribution in [0.4, 0.5) is 11.5 Å². The minimum atomic E-state index is -0.456. The minimum Gasteiger partial charge on any atom is -0.383 e. The maximum absolute atomic E-state index is 10.5. The fraction of sp³-hybridized carbons (Fsp3) is 0.444. The van der Waals surface area contributed by atoms with Crippen molar-refractivity contribution in [2.75, 3.05) is 5.73 Å². The van der Waals surface area contributed by atoms with Crippen molar-refractivity contribution in [3.05, 3.63) is 27.9 Å². The Kier molecular flexibility index (Phi) is 3.01. The first-order valence-corrected chi connectivity index (χ1v) is 4.40. The summed E-state index contributed by atoms with van der Waals surface area (Å²) in [5.74, 6) is 0.610. The van der Waals surface area contributed by atoms with Crippen molar-refractivity contribution in [1.29, 1.82) is 0 Å². The average Bonchev–Trinajstić information content (AvgIpc) is 2.01. The van der Waals surface area contributed by atoms with Crippen molar-refractivity contribution in [1.82, 2.24) is 4.98 Å². The molecule has 0 fully saturated rings. The lowest BCUT2D eigenvalue weighted by molar-refractivity contribution is -0.384. The van der Waals surface area contributed by atoms with Crippen molar-refractivity contribution in [2.45, 2.75) is 20.3 Å². The lowest BCUT2D eigenvalue weighted by atomic mass is 10.1. The fourth-order valence-electron chi connectivity index (χ4n) is 1.22. The van der Waals surface area contributed by atoms with Crippen molar-refractivity contribution in [2.24, 2.45) is 5.92 Å². The van der Waals surface area contributed by atoms with Gasteiger partial charge in [0, 0.05) is 11.8 Å². The summed E-state index contributed by atoms with van der Waals surface area (Å²) >= 11 is 0. The van der Waals surface area contributed by atoms with Crippen molar-refractivity contribution in [3.63, 3.8) is 0 Å². The largest absolute Gasteiger partial charge is 0.383 e. The third-order valence-electron chi connectivity index (χ3n) is 1.71. The van der Waals surface area contributed by atoms with E-state index in [0.717, 1.165) is 0 Å². The predicted molar refractivity (Wildman–Crippen MR) is 53.8 cm³/mol. The molecule has 0 aromatic carbocycles. The molecule has 0 aliphatic carbocycles. The molecule has 1 rings (SSSR count). The molecule has 0 spiro atoms. The molecule has 0 unspecified atom stereocenters. The van der Waals surface area contributed by atoms with Gasteiger partial charge in [0.25, 0.3) is 5.69 Å². The molecule has 0 atom stereocenters. The molecule has 0 radical (unpaired) electrons. The van der Waals surface area contributed by atoms with E-state index in [-0.39, 0.29) is 11.5 Å². The summed E-state index contributed by atoms with van der Waals surface area (Å²) < 4.78 is 0. The molecule has 0 saturated heterocycles. The molecule has 0 saturated carbocycles. The van der Waals surface area contributed by atoms with Crippen LogP contribution in [0.3, 0.4) is 0 Å². The van der Waals surface area contributed by atoms with Gasteiger partial charge in [-0.2, -0.15) is 0 Å². The quantitative estimate of drug-likeness (QED) is 0.588. The van der Waals surface area contributed by atoms with E-state index in [2.05, 4.69) is 4.98 Å². The lowest BCUT2D eigenvalue weighted by Gasteiger charge is -2.04. The fourth-order valence-corrected chi connectivity index (χ4v) is 1.22. The Morgan fingerprint density at radius 2 is 2.21 bits per heavy atom. The Balaban J connectivity index is 3.01. The number of rotatable bonds is 3. The molecule has 0 amide bonds. The van der Waals surface area contributed by atoms with Crippen LogP contribution in [-0.4, -0.2) is 9.91 Å². The zero-order chi connectivity index (χ0) is 10.7. The van der Waals surface area contributed by atoms with E-state index in [1.165, 1.54) is 12.1 Å². The number of hydrogen-bond donors (Lipinski definition) is 1. The molecule has 0 aliphatic heterocycles. The molecular weight excluding hydrogens is 182 g/mol. The third kappa shape index (κ3) is 2.69. The van der Waals surface area contributed by atoms with Gasteiger partial charge in [-0.3, -0.25) is 10.1 Å². The topological polar surface area (TPSA) is 82.0 Å². The summed E-state index contributed by atoms with van der Waals surface area (Å²) in [5, 5.41) is 10.5. The van der Waals surface area contributed by atoms with Gasteiger partial charge in [-0.25, -0.2) is 4.98 Å². The van der Waals surface area contributed by atoms with Crippen LogP contribution in [0.25, 0.3) is 0 Å². The van der Waals surface area contributed by atoms with E-state index in [1.807, 2.05) is 13.8 Å². The summed E-state index contributed by atoms with van der Waals surface area (Å²) in [6.07, 6.45) is 0.700. The molecule has 1 aromatic rings. The summed E-state index contributed by atoms with van der Waals surface area (Å²) in [4.78, 5) is 14.1. The van der Waals surface area contributed by atoms with E-state index in [1.54, 1.807) is 0 Å². The first kappa shape index (κ1) is 10.4. The Morgan fingerprint density at radius 3 is 2.71 bits per heavy atom. The molecule has 0 bridgehead atoms. The van der Waals surface area contributed by atoms with Crippen LogP contribution in [-0.2, 0) is 6.42 Å². The van der Waals surface area contributed by atoms with Crippen LogP contribution in [0, 0.1) is 16.0 Å². The smallest absolute Gasteiger partial charge is 0.274 e. The highest BCUT2D eigenvalue weighted by Gasteiger charge is 2.10. The highest BCUT2D eigenvalue weighted by atomic mass is 16.6. The van der Waals surface area contributed by atoms with Gasteiger partial charge in [0.05, 0.1) is 11.0 Å². The van der Waals surface area contributed by atoms with Gasteiger partial charge in [-0.1, -0.05) is 13.8 Å². The zero-order valence-corrected chi connectivity index (χ0v) is 8.23. The normalized spacial score (nSPS) is 10.5. The van der Waals surface area contributed by atoms with Crippen LogP contribution in [0.2, 0.25) is 0 Å². The van der Waals surface area contributed by atoms with Gasteiger partial charge in [0.15, 0.2) is 0 Å². The molecule has 1 heterocycles. The monoisotopic (exact) mass is 195 g/mol. The second kappa shape index (κ2) is 4.04. The van der Waals surface area contributed by atoms with Gasteiger partial charge in [0.2, 0.25) is 0 Å². The predicted octanol–water partition coefficient (Wildman–Crippen LogP) is 1.77. The second-order valence-electron chi connectivity index (χ2n) is 3.60. The highest BCUT2D eigenvalue weighted by Crippen LogP contribution is 2.17. The number of nitro groups is 1. The van der Waals surface area contributed by atoms with Crippen molar-refractivity contribution >= 4 is 11.5 Å². The van der Waals surface area contributed by atoms with E-state index in [4.69, 9.17) is 5.73 Å². The van der Waals surface area contributed by atoms with E-state index in [0.29, 0.717) is 18.0 Å². The van der Waals surface area contributed by atoms with E-state index in [9.17, 15) is 10.1 Å². The average molecular weight is 195 g/mol. The summed E-state index contributed by atoms with van der Waals surface area (Å²) in [5.41, 5.74) is 6.14. The number of nitrogen functional groups attached to an aromatic ring is 1. The summed E-state index contributed by atoms with van der Waals surface area (Å²) in [6, 6.07) is 2.74. The SMILES string of the molecule is CC(C)Cc1cc([N+](=O)[O-])cc(N)n1. The Morgan fingerprint density at radius 1 is 1.57 bits per heavy atom. The molecule has 2 N–H and O–H groups in total. The standard InChI is InChI=1S/C9H13N3O2/c1-6(2)3-7-4-8(12(13)14)5-9(10)11-7/h4-6H,3H2,1-2H3,(H2,10,11). The summed E-state index contributed by atoms with van der Waals surface area (Å²) in [6.45, 7) is 4.05. The Labute approximate surface area is 82.1 Å². The van der Waals surface area contributed by atoms with Crippen molar-refractivity contribution < 1.29 is 4.92 Å². The summed E-state index contributed by atoms with van der Waals surface area (Å²) in [7, 11) is 0.